The van der Waals surface area contributed by atoms with Gasteiger partial charge < -0.3 is 15.0 Å². The van der Waals surface area contributed by atoms with Crippen LogP contribution >= 0.6 is 0 Å². The van der Waals surface area contributed by atoms with Crippen LogP contribution in [0, 0.1) is 0 Å². The first kappa shape index (κ1) is 10.6. The molecule has 0 bridgehead atoms. The third kappa shape index (κ3) is 3.53. The van der Waals surface area contributed by atoms with E-state index in [-0.39, 0.29) is 6.42 Å². The highest BCUT2D eigenvalue weighted by molar-refractivity contribution is 5.66. The molecule has 1 heterocycles. The summed E-state index contributed by atoms with van der Waals surface area (Å²) in [5.74, 6) is 0.115. The topological polar surface area (TPSA) is 80.0 Å². The number of carboxylic acids is 1. The fourth-order valence-corrected chi connectivity index (χ4v) is 1.05. The van der Waals surface area contributed by atoms with Crippen molar-refractivity contribution in [3.05, 3.63) is 12.2 Å². The molecular weight excluding hydrogens is 184 g/mol. The molecule has 0 aliphatic heterocycles. The molecule has 6 nitrogen and oxygen atoms in total. The molecule has 0 aromatic carbocycles. The summed E-state index contributed by atoms with van der Waals surface area (Å²) in [5, 5.41) is 19.0. The second kappa shape index (κ2) is 5.33. The molecular formula is C8H14N4O2. The van der Waals surface area contributed by atoms with E-state index in [1.54, 1.807) is 6.33 Å². The third-order valence-electron chi connectivity index (χ3n) is 1.85. The summed E-state index contributed by atoms with van der Waals surface area (Å²) >= 11 is 0. The minimum absolute atomic E-state index is 0.152. The molecule has 6 heteroatoms. The maximum Gasteiger partial charge on any atom is 0.304 e. The molecule has 78 valence electrons. The van der Waals surface area contributed by atoms with Crippen molar-refractivity contribution in [2.75, 3.05) is 13.1 Å². The van der Waals surface area contributed by atoms with Crippen LogP contribution in [-0.4, -0.2) is 38.9 Å². The molecule has 14 heavy (non-hydrogen) atoms. The molecule has 0 radical (unpaired) electrons. The van der Waals surface area contributed by atoms with E-state index in [1.165, 1.54) is 0 Å². The second-order valence-corrected chi connectivity index (χ2v) is 3.00. The van der Waals surface area contributed by atoms with E-state index >= 15 is 0 Å². The van der Waals surface area contributed by atoms with Gasteiger partial charge in [-0.2, -0.15) is 0 Å². The molecule has 0 spiro atoms. The number of rotatable bonds is 6. The molecule has 0 aliphatic rings. The van der Waals surface area contributed by atoms with Crippen molar-refractivity contribution in [2.45, 2.75) is 12.8 Å². The Morgan fingerprint density at radius 3 is 3.00 bits per heavy atom. The lowest BCUT2D eigenvalue weighted by atomic mass is 10.3. The van der Waals surface area contributed by atoms with E-state index in [1.807, 2.05) is 11.6 Å². The Bertz CT molecular complexity index is 297. The minimum atomic E-state index is -0.781. The lowest BCUT2D eigenvalue weighted by Crippen LogP contribution is -2.21. The number of hydrogen-bond donors (Lipinski definition) is 2. The van der Waals surface area contributed by atoms with Gasteiger partial charge in [0.15, 0.2) is 0 Å². The molecule has 0 atom stereocenters. The second-order valence-electron chi connectivity index (χ2n) is 3.00. The van der Waals surface area contributed by atoms with Crippen LogP contribution in [-0.2, 0) is 18.3 Å². The van der Waals surface area contributed by atoms with Crippen LogP contribution in [0.15, 0.2) is 6.33 Å². The standard InChI is InChI=1S/C8H14N4O2/c1-12-6-10-11-7(12)2-4-9-5-3-8(13)14/h6,9H,2-5H2,1H3,(H,13,14). The third-order valence-corrected chi connectivity index (χ3v) is 1.85. The summed E-state index contributed by atoms with van der Waals surface area (Å²) in [6, 6.07) is 0. The quantitative estimate of drug-likeness (QED) is 0.598. The summed E-state index contributed by atoms with van der Waals surface area (Å²) in [6.07, 6.45) is 2.56. The highest BCUT2D eigenvalue weighted by Gasteiger charge is 2.00. The van der Waals surface area contributed by atoms with Gasteiger partial charge in [0.1, 0.15) is 12.2 Å². The molecule has 1 rings (SSSR count). The normalized spacial score (nSPS) is 10.4. The lowest BCUT2D eigenvalue weighted by Gasteiger charge is -2.01. The van der Waals surface area contributed by atoms with Crippen LogP contribution < -0.4 is 5.32 Å². The molecule has 0 unspecified atom stereocenters. The Labute approximate surface area is 82.0 Å². The highest BCUT2D eigenvalue weighted by atomic mass is 16.4. The average Bonchev–Trinajstić information content (AvgIpc) is 2.51. The Hall–Kier alpha value is -1.43. The summed E-state index contributed by atoms with van der Waals surface area (Å²) in [6.45, 7) is 1.22. The zero-order valence-corrected chi connectivity index (χ0v) is 8.10. The number of aryl methyl sites for hydroxylation is 1. The van der Waals surface area contributed by atoms with E-state index in [9.17, 15) is 4.79 Å². The SMILES string of the molecule is Cn1cnnc1CCNCCC(=O)O. The number of hydrogen-bond acceptors (Lipinski definition) is 4. The Morgan fingerprint density at radius 1 is 1.64 bits per heavy atom. The first-order chi connectivity index (χ1) is 6.70. The molecule has 0 aliphatic carbocycles. The number of aliphatic carboxylic acids is 1. The maximum absolute atomic E-state index is 10.2. The van der Waals surface area contributed by atoms with Gasteiger partial charge in [-0.15, -0.1) is 10.2 Å². The Morgan fingerprint density at radius 2 is 2.43 bits per heavy atom. The number of carboxylic acid groups (broad SMARTS) is 1. The van der Waals surface area contributed by atoms with Gasteiger partial charge in [0, 0.05) is 26.6 Å². The summed E-state index contributed by atoms with van der Waals surface area (Å²) in [4.78, 5) is 10.2. The van der Waals surface area contributed by atoms with Crippen LogP contribution in [0.4, 0.5) is 0 Å². The Kier molecular flexibility index (Phi) is 4.06. The number of nitrogens with one attached hydrogen (secondary N) is 1. The largest absolute Gasteiger partial charge is 0.481 e. The van der Waals surface area contributed by atoms with Crippen molar-refractivity contribution in [3.8, 4) is 0 Å². The zero-order valence-electron chi connectivity index (χ0n) is 8.10. The van der Waals surface area contributed by atoms with Crippen molar-refractivity contribution >= 4 is 5.97 Å². The highest BCUT2D eigenvalue weighted by Crippen LogP contribution is 1.91. The van der Waals surface area contributed by atoms with E-state index in [0.717, 1.165) is 18.8 Å². The van der Waals surface area contributed by atoms with Crippen molar-refractivity contribution < 1.29 is 9.90 Å². The molecule has 0 saturated heterocycles. The predicted molar refractivity (Wildman–Crippen MR) is 49.8 cm³/mol. The van der Waals surface area contributed by atoms with Crippen molar-refractivity contribution in [1.29, 1.82) is 0 Å². The van der Waals surface area contributed by atoms with Crippen LogP contribution in [0.3, 0.4) is 0 Å². The minimum Gasteiger partial charge on any atom is -0.481 e. The zero-order chi connectivity index (χ0) is 10.4. The van der Waals surface area contributed by atoms with Crippen LogP contribution in [0.1, 0.15) is 12.2 Å². The monoisotopic (exact) mass is 198 g/mol. The molecule has 1 aromatic heterocycles. The summed E-state index contributed by atoms with van der Waals surface area (Å²) in [7, 11) is 1.88. The van der Waals surface area contributed by atoms with Gasteiger partial charge in [0.25, 0.3) is 0 Å². The average molecular weight is 198 g/mol. The molecule has 2 N–H and O–H groups in total. The van der Waals surface area contributed by atoms with Gasteiger partial charge >= 0.3 is 5.97 Å². The van der Waals surface area contributed by atoms with Crippen LogP contribution in [0.25, 0.3) is 0 Å². The molecule has 1 aromatic rings. The number of aromatic nitrogens is 3. The summed E-state index contributed by atoms with van der Waals surface area (Å²) in [5.41, 5.74) is 0. The van der Waals surface area contributed by atoms with Crippen molar-refractivity contribution in [2.24, 2.45) is 7.05 Å². The molecule has 0 fully saturated rings. The maximum atomic E-state index is 10.2. The number of nitrogens with zero attached hydrogens (tertiary/aromatic N) is 3. The first-order valence-corrected chi connectivity index (χ1v) is 4.45. The van der Waals surface area contributed by atoms with Crippen molar-refractivity contribution in [3.63, 3.8) is 0 Å². The van der Waals surface area contributed by atoms with E-state index in [0.29, 0.717) is 6.54 Å². The van der Waals surface area contributed by atoms with E-state index in [4.69, 9.17) is 5.11 Å². The summed E-state index contributed by atoms with van der Waals surface area (Å²) < 4.78 is 1.85. The van der Waals surface area contributed by atoms with Gasteiger partial charge in [-0.1, -0.05) is 0 Å². The predicted octanol–water partition coefficient (Wildman–Crippen LogP) is -0.578. The Balaban J connectivity index is 2.10. The number of carbonyl (C=O) groups is 1. The lowest BCUT2D eigenvalue weighted by molar-refractivity contribution is -0.136. The van der Waals surface area contributed by atoms with Crippen LogP contribution in [0.2, 0.25) is 0 Å². The molecule has 0 saturated carbocycles. The fourth-order valence-electron chi connectivity index (χ4n) is 1.05. The van der Waals surface area contributed by atoms with E-state index in [2.05, 4.69) is 15.5 Å². The van der Waals surface area contributed by atoms with Crippen molar-refractivity contribution in [1.82, 2.24) is 20.1 Å². The van der Waals surface area contributed by atoms with Gasteiger partial charge in [-0.05, 0) is 0 Å². The van der Waals surface area contributed by atoms with Gasteiger partial charge in [0.2, 0.25) is 0 Å². The van der Waals surface area contributed by atoms with Gasteiger partial charge in [-0.3, -0.25) is 4.79 Å². The van der Waals surface area contributed by atoms with Gasteiger partial charge in [-0.25, -0.2) is 0 Å². The molecule has 0 amide bonds. The van der Waals surface area contributed by atoms with Gasteiger partial charge in [0.05, 0.1) is 6.42 Å². The van der Waals surface area contributed by atoms with E-state index < -0.39 is 5.97 Å². The first-order valence-electron chi connectivity index (χ1n) is 4.45. The smallest absolute Gasteiger partial charge is 0.304 e. The fraction of sp³-hybridized carbons (Fsp3) is 0.625. The van der Waals surface area contributed by atoms with Crippen LogP contribution in [0.5, 0.6) is 0 Å².